The Balaban J connectivity index is 1.81. The van der Waals surface area contributed by atoms with Crippen LogP contribution in [0.4, 0.5) is 0 Å². The molecule has 1 unspecified atom stereocenters. The van der Waals surface area contributed by atoms with Crippen molar-refractivity contribution in [2.24, 2.45) is 5.92 Å². The van der Waals surface area contributed by atoms with E-state index in [9.17, 15) is 9.59 Å². The predicted molar refractivity (Wildman–Crippen MR) is 76.4 cm³/mol. The van der Waals surface area contributed by atoms with Crippen molar-refractivity contribution in [3.63, 3.8) is 0 Å². The Hall–Kier alpha value is -1.10. The number of carboxylic acids is 1. The number of hydrogen-bond donors (Lipinski definition) is 1. The van der Waals surface area contributed by atoms with Gasteiger partial charge in [-0.2, -0.15) is 0 Å². The van der Waals surface area contributed by atoms with E-state index in [1.165, 1.54) is 25.7 Å². The lowest BCUT2D eigenvalue weighted by Crippen LogP contribution is -2.47. The van der Waals surface area contributed by atoms with Crippen molar-refractivity contribution in [3.05, 3.63) is 0 Å². The quantitative estimate of drug-likeness (QED) is 0.853. The van der Waals surface area contributed by atoms with E-state index in [1.54, 1.807) is 0 Å². The zero-order chi connectivity index (χ0) is 14.5. The molecule has 1 N–H and O–H groups in total. The van der Waals surface area contributed by atoms with Gasteiger partial charge < -0.3 is 10.0 Å². The maximum Gasteiger partial charge on any atom is 0.306 e. The molecule has 20 heavy (non-hydrogen) atoms. The van der Waals surface area contributed by atoms with Gasteiger partial charge in [0.05, 0.1) is 12.5 Å². The van der Waals surface area contributed by atoms with E-state index in [0.717, 1.165) is 6.54 Å². The predicted octanol–water partition coefficient (Wildman–Crippen LogP) is 1.57. The maximum absolute atomic E-state index is 12.3. The second-order valence-corrected chi connectivity index (χ2v) is 6.16. The lowest BCUT2D eigenvalue weighted by Gasteiger charge is -2.33. The van der Waals surface area contributed by atoms with Crippen molar-refractivity contribution >= 4 is 11.9 Å². The third kappa shape index (κ3) is 3.95. The van der Waals surface area contributed by atoms with Crippen molar-refractivity contribution in [2.45, 2.75) is 51.5 Å². The number of hydrogen-bond acceptors (Lipinski definition) is 3. The molecule has 2 aliphatic rings. The van der Waals surface area contributed by atoms with E-state index in [1.807, 2.05) is 4.90 Å². The summed E-state index contributed by atoms with van der Waals surface area (Å²) in [5.41, 5.74) is 0. The first-order valence-corrected chi connectivity index (χ1v) is 7.82. The third-order valence-electron chi connectivity index (χ3n) is 4.73. The summed E-state index contributed by atoms with van der Waals surface area (Å²) in [5.74, 6) is -0.822. The molecule has 1 atom stereocenters. The molecular formula is C15H26N2O3. The highest BCUT2D eigenvalue weighted by atomic mass is 16.4. The van der Waals surface area contributed by atoms with Crippen LogP contribution in [-0.2, 0) is 9.59 Å². The van der Waals surface area contributed by atoms with Crippen LogP contribution in [0.5, 0.6) is 0 Å². The molecule has 0 saturated carbocycles. The molecule has 0 aromatic rings. The van der Waals surface area contributed by atoms with Crippen molar-refractivity contribution in [2.75, 3.05) is 26.2 Å². The summed E-state index contributed by atoms with van der Waals surface area (Å²) in [4.78, 5) is 27.4. The number of carbonyl (C=O) groups is 2. The lowest BCUT2D eigenvalue weighted by atomic mass is 9.97. The van der Waals surface area contributed by atoms with Gasteiger partial charge in [-0.05, 0) is 39.2 Å². The highest BCUT2D eigenvalue weighted by Crippen LogP contribution is 2.19. The van der Waals surface area contributed by atoms with E-state index < -0.39 is 5.97 Å². The van der Waals surface area contributed by atoms with Crippen molar-refractivity contribution in [1.29, 1.82) is 0 Å². The Kier molecular flexibility index (Phi) is 5.40. The molecule has 2 rings (SSSR count). The average molecular weight is 282 g/mol. The first-order valence-electron chi connectivity index (χ1n) is 7.82. The number of nitrogens with zero attached hydrogens (tertiary/aromatic N) is 2. The topological polar surface area (TPSA) is 60.9 Å². The number of rotatable bonds is 3. The first kappa shape index (κ1) is 15.3. The summed E-state index contributed by atoms with van der Waals surface area (Å²) in [5, 5.41) is 8.98. The summed E-state index contributed by atoms with van der Waals surface area (Å²) in [6.07, 6.45) is 6.06. The normalized spacial score (nSPS) is 26.2. The number of carbonyl (C=O) groups excluding carboxylic acids is 1. The van der Waals surface area contributed by atoms with Gasteiger partial charge in [0.2, 0.25) is 5.91 Å². The van der Waals surface area contributed by atoms with Crippen molar-refractivity contribution < 1.29 is 14.7 Å². The Bertz CT molecular complexity index is 351. The van der Waals surface area contributed by atoms with E-state index in [0.29, 0.717) is 38.5 Å². The van der Waals surface area contributed by atoms with Crippen molar-refractivity contribution in [3.8, 4) is 0 Å². The summed E-state index contributed by atoms with van der Waals surface area (Å²) in [7, 11) is 0. The van der Waals surface area contributed by atoms with Crippen LogP contribution in [0.15, 0.2) is 0 Å². The van der Waals surface area contributed by atoms with E-state index in [4.69, 9.17) is 5.11 Å². The highest BCUT2D eigenvalue weighted by molar-refractivity contribution is 5.79. The zero-order valence-corrected chi connectivity index (χ0v) is 12.4. The van der Waals surface area contributed by atoms with E-state index in [-0.39, 0.29) is 11.8 Å². The summed E-state index contributed by atoms with van der Waals surface area (Å²) < 4.78 is 0. The summed E-state index contributed by atoms with van der Waals surface area (Å²) in [6.45, 7) is 4.91. The number of amides is 1. The smallest absolute Gasteiger partial charge is 0.306 e. The minimum atomic E-state index is -0.724. The molecule has 1 amide bonds. The van der Waals surface area contributed by atoms with Crippen LogP contribution in [0.3, 0.4) is 0 Å². The average Bonchev–Trinajstić information content (AvgIpc) is 2.64. The third-order valence-corrected chi connectivity index (χ3v) is 4.73. The first-order chi connectivity index (χ1) is 9.58. The van der Waals surface area contributed by atoms with Gasteiger partial charge in [0.15, 0.2) is 0 Å². The molecule has 0 aromatic carbocycles. The molecule has 2 saturated heterocycles. The van der Waals surface area contributed by atoms with Gasteiger partial charge in [-0.15, -0.1) is 0 Å². The summed E-state index contributed by atoms with van der Waals surface area (Å²) >= 11 is 0. The molecular weight excluding hydrogens is 256 g/mol. The summed E-state index contributed by atoms with van der Waals surface area (Å²) in [6, 6.07) is 0.484. The van der Waals surface area contributed by atoms with Crippen LogP contribution in [0.2, 0.25) is 0 Å². The van der Waals surface area contributed by atoms with Crippen LogP contribution in [0, 0.1) is 5.92 Å². The fourth-order valence-corrected chi connectivity index (χ4v) is 3.22. The molecule has 2 heterocycles. The van der Waals surface area contributed by atoms with Gasteiger partial charge >= 0.3 is 5.97 Å². The molecule has 114 valence electrons. The molecule has 0 radical (unpaired) electrons. The standard InChI is InChI=1S/C15H26N2O3/c1-12-5-3-2-4-8-17(12)11-14(18)16-9-6-13(7-10-16)15(19)20/h12-13H,2-11H2,1H3,(H,19,20). The fourth-order valence-electron chi connectivity index (χ4n) is 3.22. The Morgan fingerprint density at radius 1 is 1.05 bits per heavy atom. The number of carboxylic acid groups (broad SMARTS) is 1. The van der Waals surface area contributed by atoms with Crippen LogP contribution in [0.25, 0.3) is 0 Å². The monoisotopic (exact) mass is 282 g/mol. The molecule has 2 fully saturated rings. The van der Waals surface area contributed by atoms with Crippen LogP contribution in [-0.4, -0.2) is 59.0 Å². The molecule has 0 spiro atoms. The number of aliphatic carboxylic acids is 1. The highest BCUT2D eigenvalue weighted by Gasteiger charge is 2.28. The second-order valence-electron chi connectivity index (χ2n) is 6.16. The van der Waals surface area contributed by atoms with Gasteiger partial charge in [-0.1, -0.05) is 12.8 Å². The van der Waals surface area contributed by atoms with Gasteiger partial charge in [0.25, 0.3) is 0 Å². The molecule has 2 aliphatic heterocycles. The Morgan fingerprint density at radius 2 is 1.75 bits per heavy atom. The molecule has 5 heteroatoms. The lowest BCUT2D eigenvalue weighted by molar-refractivity contribution is -0.146. The second kappa shape index (κ2) is 7.07. The largest absolute Gasteiger partial charge is 0.481 e. The van der Waals surface area contributed by atoms with E-state index in [2.05, 4.69) is 11.8 Å². The SMILES string of the molecule is CC1CCCCCN1CC(=O)N1CCC(C(=O)O)CC1. The van der Waals surface area contributed by atoms with Gasteiger partial charge in [0, 0.05) is 19.1 Å². The zero-order valence-electron chi connectivity index (χ0n) is 12.4. The minimum Gasteiger partial charge on any atom is -0.481 e. The minimum absolute atomic E-state index is 0.169. The van der Waals surface area contributed by atoms with Gasteiger partial charge in [-0.25, -0.2) is 0 Å². The van der Waals surface area contributed by atoms with Gasteiger partial charge in [0.1, 0.15) is 0 Å². The molecule has 0 bridgehead atoms. The number of piperidine rings is 1. The Labute approximate surface area is 120 Å². The Morgan fingerprint density at radius 3 is 2.40 bits per heavy atom. The van der Waals surface area contributed by atoms with Crippen LogP contribution >= 0.6 is 0 Å². The van der Waals surface area contributed by atoms with Crippen molar-refractivity contribution in [1.82, 2.24) is 9.80 Å². The van der Waals surface area contributed by atoms with Gasteiger partial charge in [-0.3, -0.25) is 14.5 Å². The van der Waals surface area contributed by atoms with Crippen LogP contribution < -0.4 is 0 Å². The molecule has 0 aromatic heterocycles. The maximum atomic E-state index is 12.3. The number of likely N-dealkylation sites (tertiary alicyclic amines) is 2. The fraction of sp³-hybridized carbons (Fsp3) is 0.867. The van der Waals surface area contributed by atoms with E-state index >= 15 is 0 Å². The van der Waals surface area contributed by atoms with Crippen LogP contribution in [0.1, 0.15) is 45.4 Å². The molecule has 0 aliphatic carbocycles. The molecule has 5 nitrogen and oxygen atoms in total.